The van der Waals surface area contributed by atoms with E-state index in [-0.39, 0.29) is 6.61 Å². The van der Waals surface area contributed by atoms with Gasteiger partial charge in [0, 0.05) is 5.75 Å². The number of thioether (sulfide) groups is 1. The molecule has 114 valence electrons. The summed E-state index contributed by atoms with van der Waals surface area (Å²) in [4.78, 5) is 0. The Morgan fingerprint density at radius 1 is 1.00 bits per heavy atom. The number of hydrogen-bond donors (Lipinski definition) is 5. The molecule has 0 spiro atoms. The summed E-state index contributed by atoms with van der Waals surface area (Å²) in [7, 11) is 0. The van der Waals surface area contributed by atoms with Crippen molar-refractivity contribution in [1.29, 1.82) is 0 Å². The smallest absolute Gasteiger partial charge is 0.186 e. The van der Waals surface area contributed by atoms with Crippen LogP contribution in [0.1, 0.15) is 6.42 Å². The van der Waals surface area contributed by atoms with Gasteiger partial charge in [-0.1, -0.05) is 0 Å². The van der Waals surface area contributed by atoms with Crippen LogP contribution in [-0.4, -0.2) is 87.6 Å². The second kappa shape index (κ2) is 9.09. The molecule has 0 radical (unpaired) electrons. The molecule has 5 atom stereocenters. The molecule has 5 N–H and O–H groups in total. The van der Waals surface area contributed by atoms with Crippen molar-refractivity contribution in [2.24, 2.45) is 0 Å². The van der Waals surface area contributed by atoms with Crippen LogP contribution in [0.15, 0.2) is 0 Å². The van der Waals surface area contributed by atoms with Crippen LogP contribution in [0.3, 0.4) is 0 Å². The van der Waals surface area contributed by atoms with Gasteiger partial charge in [-0.05, 0) is 12.2 Å². The fourth-order valence-electron chi connectivity index (χ4n) is 1.73. The summed E-state index contributed by atoms with van der Waals surface area (Å²) in [6.07, 6.45) is -5.40. The zero-order valence-corrected chi connectivity index (χ0v) is 11.4. The van der Waals surface area contributed by atoms with Crippen LogP contribution < -0.4 is 0 Å². The van der Waals surface area contributed by atoms with Crippen molar-refractivity contribution in [3.05, 3.63) is 0 Å². The molecule has 7 nitrogen and oxygen atoms in total. The number of hydrogen-bond acceptors (Lipinski definition) is 8. The van der Waals surface area contributed by atoms with Crippen LogP contribution in [0.2, 0.25) is 0 Å². The Morgan fingerprint density at radius 3 is 2.37 bits per heavy atom. The Hall–Kier alpha value is 0.0700. The van der Waals surface area contributed by atoms with Gasteiger partial charge in [0.25, 0.3) is 0 Å². The van der Waals surface area contributed by atoms with Crippen LogP contribution in [0.25, 0.3) is 0 Å². The van der Waals surface area contributed by atoms with Gasteiger partial charge in [-0.3, -0.25) is 0 Å². The summed E-state index contributed by atoms with van der Waals surface area (Å²) in [6.45, 7) is -0.00346. The molecule has 1 aliphatic rings. The molecular weight excluding hydrogens is 276 g/mol. The Kier molecular flexibility index (Phi) is 8.19. The van der Waals surface area contributed by atoms with E-state index in [1.807, 2.05) is 0 Å². The van der Waals surface area contributed by atoms with E-state index in [0.29, 0.717) is 18.8 Å². The van der Waals surface area contributed by atoms with Gasteiger partial charge in [-0.15, -0.1) is 0 Å². The molecule has 1 fully saturated rings. The fourth-order valence-corrected chi connectivity index (χ4v) is 2.39. The lowest BCUT2D eigenvalue weighted by Gasteiger charge is -2.39. The van der Waals surface area contributed by atoms with Crippen molar-refractivity contribution >= 4 is 11.8 Å². The molecule has 0 aliphatic carbocycles. The molecule has 0 aromatic rings. The minimum Gasteiger partial charge on any atom is -0.396 e. The first-order valence-electron chi connectivity index (χ1n) is 6.22. The number of rotatable bonds is 8. The summed E-state index contributed by atoms with van der Waals surface area (Å²) in [6, 6.07) is 0. The maximum Gasteiger partial charge on any atom is 0.186 e. The monoisotopic (exact) mass is 298 g/mol. The average Bonchev–Trinajstić information content (AvgIpc) is 2.42. The molecule has 0 aromatic carbocycles. The first kappa shape index (κ1) is 17.1. The van der Waals surface area contributed by atoms with E-state index in [1.165, 1.54) is 0 Å². The van der Waals surface area contributed by atoms with Gasteiger partial charge in [0.15, 0.2) is 6.29 Å². The summed E-state index contributed by atoms with van der Waals surface area (Å²) < 4.78 is 10.5. The minimum atomic E-state index is -1.40. The molecule has 0 amide bonds. The van der Waals surface area contributed by atoms with E-state index in [4.69, 9.17) is 19.7 Å². The third-order valence-corrected chi connectivity index (χ3v) is 3.85. The van der Waals surface area contributed by atoms with E-state index in [0.717, 1.165) is 5.75 Å². The maximum absolute atomic E-state index is 9.68. The van der Waals surface area contributed by atoms with E-state index < -0.39 is 37.3 Å². The average molecular weight is 298 g/mol. The number of aliphatic hydroxyl groups is 5. The lowest BCUT2D eigenvalue weighted by atomic mass is 9.99. The molecule has 0 bridgehead atoms. The maximum atomic E-state index is 9.68. The summed E-state index contributed by atoms with van der Waals surface area (Å²) in [5, 5.41) is 46.4. The molecule has 5 unspecified atom stereocenters. The van der Waals surface area contributed by atoms with Gasteiger partial charge in [0.1, 0.15) is 24.4 Å². The zero-order chi connectivity index (χ0) is 14.3. The topological polar surface area (TPSA) is 120 Å². The van der Waals surface area contributed by atoms with E-state index in [2.05, 4.69) is 0 Å². The molecule has 1 aliphatic heterocycles. The highest BCUT2D eigenvalue weighted by Crippen LogP contribution is 2.22. The standard InChI is InChI=1S/C11H22O7S/c12-2-5-19-4-1-3-17-11-10(16)9(15)8(14)7(6-13)18-11/h7-16H,1-6H2. The third kappa shape index (κ3) is 5.16. The SMILES string of the molecule is OCCSCCCOC1OC(CO)C(O)C(O)C1O. The van der Waals surface area contributed by atoms with Crippen LogP contribution in [0.4, 0.5) is 0 Å². The molecule has 0 aromatic heterocycles. The highest BCUT2D eigenvalue weighted by Gasteiger charge is 2.43. The molecule has 1 heterocycles. The van der Waals surface area contributed by atoms with Crippen molar-refractivity contribution < 1.29 is 35.0 Å². The first-order chi connectivity index (χ1) is 9.11. The van der Waals surface area contributed by atoms with Crippen molar-refractivity contribution in [1.82, 2.24) is 0 Å². The van der Waals surface area contributed by atoms with Crippen LogP contribution >= 0.6 is 11.8 Å². The number of aliphatic hydroxyl groups excluding tert-OH is 5. The Bertz CT molecular complexity index is 241. The molecule has 8 heteroatoms. The summed E-state index contributed by atoms with van der Waals surface area (Å²) in [5.41, 5.74) is 0. The van der Waals surface area contributed by atoms with Gasteiger partial charge in [-0.25, -0.2) is 0 Å². The van der Waals surface area contributed by atoms with Crippen LogP contribution in [-0.2, 0) is 9.47 Å². The molecule has 1 saturated heterocycles. The summed E-state index contributed by atoms with van der Waals surface area (Å²) >= 11 is 1.58. The highest BCUT2D eigenvalue weighted by atomic mass is 32.2. The quantitative estimate of drug-likeness (QED) is 0.324. The molecular formula is C11H22O7S. The lowest BCUT2D eigenvalue weighted by Crippen LogP contribution is -2.59. The Labute approximate surface area is 116 Å². The van der Waals surface area contributed by atoms with E-state index >= 15 is 0 Å². The normalized spacial score (nSPS) is 35.5. The van der Waals surface area contributed by atoms with Gasteiger partial charge >= 0.3 is 0 Å². The van der Waals surface area contributed by atoms with Crippen molar-refractivity contribution in [2.75, 3.05) is 31.3 Å². The minimum absolute atomic E-state index is 0.137. The van der Waals surface area contributed by atoms with Crippen molar-refractivity contribution in [3.63, 3.8) is 0 Å². The Balaban J connectivity index is 2.28. The highest BCUT2D eigenvalue weighted by molar-refractivity contribution is 7.99. The summed E-state index contributed by atoms with van der Waals surface area (Å²) in [5.74, 6) is 1.47. The Morgan fingerprint density at radius 2 is 1.74 bits per heavy atom. The van der Waals surface area contributed by atoms with Crippen molar-refractivity contribution in [3.8, 4) is 0 Å². The van der Waals surface area contributed by atoms with E-state index in [1.54, 1.807) is 11.8 Å². The zero-order valence-electron chi connectivity index (χ0n) is 10.6. The van der Waals surface area contributed by atoms with Gasteiger partial charge in [0.05, 0.1) is 19.8 Å². The second-order valence-electron chi connectivity index (χ2n) is 4.26. The predicted molar refractivity (Wildman–Crippen MR) is 68.7 cm³/mol. The predicted octanol–water partition coefficient (Wildman–Crippen LogP) is -2.08. The molecule has 1 rings (SSSR count). The first-order valence-corrected chi connectivity index (χ1v) is 7.38. The van der Waals surface area contributed by atoms with Crippen LogP contribution in [0.5, 0.6) is 0 Å². The fraction of sp³-hybridized carbons (Fsp3) is 1.00. The second-order valence-corrected chi connectivity index (χ2v) is 5.48. The third-order valence-electron chi connectivity index (χ3n) is 2.80. The molecule has 0 saturated carbocycles. The van der Waals surface area contributed by atoms with E-state index in [9.17, 15) is 15.3 Å². The van der Waals surface area contributed by atoms with Gasteiger partial charge in [0.2, 0.25) is 0 Å². The largest absolute Gasteiger partial charge is 0.396 e. The number of ether oxygens (including phenoxy) is 2. The molecule has 19 heavy (non-hydrogen) atoms. The van der Waals surface area contributed by atoms with Crippen LogP contribution in [0, 0.1) is 0 Å². The van der Waals surface area contributed by atoms with Crippen molar-refractivity contribution in [2.45, 2.75) is 37.1 Å². The van der Waals surface area contributed by atoms with Gasteiger partial charge < -0.3 is 35.0 Å². The van der Waals surface area contributed by atoms with Gasteiger partial charge in [-0.2, -0.15) is 11.8 Å². The lowest BCUT2D eigenvalue weighted by molar-refractivity contribution is -0.300.